The molecule has 0 bridgehead atoms. The lowest BCUT2D eigenvalue weighted by Crippen LogP contribution is -2.56. The minimum atomic E-state index is -0.161. The Morgan fingerprint density at radius 3 is 2.58 bits per heavy atom. The van der Waals surface area contributed by atoms with E-state index in [0.717, 1.165) is 29.8 Å². The van der Waals surface area contributed by atoms with Crippen molar-refractivity contribution in [1.82, 2.24) is 5.43 Å². The van der Waals surface area contributed by atoms with Crippen molar-refractivity contribution in [2.45, 2.75) is 50.2 Å². The van der Waals surface area contributed by atoms with Crippen molar-refractivity contribution in [2.75, 3.05) is 7.11 Å². The fourth-order valence-corrected chi connectivity index (χ4v) is 3.34. The van der Waals surface area contributed by atoms with Crippen LogP contribution in [0.15, 0.2) is 24.3 Å². The van der Waals surface area contributed by atoms with Crippen LogP contribution < -0.4 is 11.3 Å². The van der Waals surface area contributed by atoms with Gasteiger partial charge in [0.2, 0.25) is 0 Å². The van der Waals surface area contributed by atoms with Gasteiger partial charge in [-0.15, -0.1) is 0 Å². The standard InChI is InChI=1S/C15H23ClN2O/c1-19-15(9-5-2-6-10-15)14(18-17)11-12-7-3-4-8-13(12)16/h3-4,7-8,14,18H,2,5-6,9-11,17H2,1H3. The predicted molar refractivity (Wildman–Crippen MR) is 79.1 cm³/mol. The number of rotatable bonds is 5. The Bertz CT molecular complexity index is 405. The van der Waals surface area contributed by atoms with Gasteiger partial charge >= 0.3 is 0 Å². The Kier molecular flexibility index (Phi) is 5.22. The highest BCUT2D eigenvalue weighted by molar-refractivity contribution is 6.31. The maximum absolute atomic E-state index is 6.24. The Labute approximate surface area is 120 Å². The van der Waals surface area contributed by atoms with Crippen molar-refractivity contribution >= 4 is 11.6 Å². The molecule has 2 rings (SSSR count). The molecule has 3 nitrogen and oxygen atoms in total. The molecule has 1 saturated carbocycles. The molecule has 0 amide bonds. The van der Waals surface area contributed by atoms with Gasteiger partial charge in [0.15, 0.2) is 0 Å². The minimum Gasteiger partial charge on any atom is -0.377 e. The topological polar surface area (TPSA) is 47.3 Å². The molecule has 1 atom stereocenters. The SMILES string of the molecule is COC1(C(Cc2ccccc2Cl)NN)CCCCC1. The molecule has 0 saturated heterocycles. The van der Waals surface area contributed by atoms with Crippen molar-refractivity contribution in [3.05, 3.63) is 34.9 Å². The first kappa shape index (κ1) is 14.8. The average molecular weight is 283 g/mol. The molecule has 1 fully saturated rings. The lowest BCUT2D eigenvalue weighted by Gasteiger charge is -2.42. The number of hydrogen-bond donors (Lipinski definition) is 2. The first-order valence-corrected chi connectivity index (χ1v) is 7.34. The van der Waals surface area contributed by atoms with Crippen LogP contribution in [0.1, 0.15) is 37.7 Å². The summed E-state index contributed by atoms with van der Waals surface area (Å²) < 4.78 is 5.86. The van der Waals surface area contributed by atoms with Crippen molar-refractivity contribution in [1.29, 1.82) is 0 Å². The first-order valence-electron chi connectivity index (χ1n) is 6.96. The zero-order valence-electron chi connectivity index (χ0n) is 11.5. The molecule has 1 unspecified atom stereocenters. The van der Waals surface area contributed by atoms with E-state index in [2.05, 4.69) is 11.5 Å². The molecule has 0 aliphatic heterocycles. The maximum Gasteiger partial charge on any atom is 0.0847 e. The summed E-state index contributed by atoms with van der Waals surface area (Å²) in [6.45, 7) is 0. The van der Waals surface area contributed by atoms with Crippen LogP contribution in [-0.2, 0) is 11.2 Å². The predicted octanol–water partition coefficient (Wildman–Crippen LogP) is 3.06. The molecule has 1 aliphatic carbocycles. The molecule has 3 N–H and O–H groups in total. The Morgan fingerprint density at radius 1 is 1.32 bits per heavy atom. The number of benzene rings is 1. The van der Waals surface area contributed by atoms with Crippen LogP contribution >= 0.6 is 11.6 Å². The van der Waals surface area contributed by atoms with E-state index < -0.39 is 0 Å². The average Bonchev–Trinajstić information content (AvgIpc) is 2.47. The van der Waals surface area contributed by atoms with Gasteiger partial charge in [-0.2, -0.15) is 0 Å². The van der Waals surface area contributed by atoms with Crippen LogP contribution in [0.25, 0.3) is 0 Å². The van der Waals surface area contributed by atoms with Crippen molar-refractivity contribution in [3.63, 3.8) is 0 Å². The number of nitrogens with one attached hydrogen (secondary N) is 1. The Morgan fingerprint density at radius 2 is 2.00 bits per heavy atom. The number of ether oxygens (including phenoxy) is 1. The molecular formula is C15H23ClN2O. The molecule has 1 aromatic rings. The zero-order chi connectivity index (χ0) is 13.7. The van der Waals surface area contributed by atoms with Gasteiger partial charge in [0.05, 0.1) is 11.6 Å². The number of halogens is 1. The van der Waals surface area contributed by atoms with Crippen molar-refractivity contribution < 1.29 is 4.74 Å². The van der Waals surface area contributed by atoms with Gasteiger partial charge in [-0.1, -0.05) is 49.1 Å². The number of nitrogens with two attached hydrogens (primary N) is 1. The molecule has 1 aliphatic rings. The molecule has 1 aromatic carbocycles. The van der Waals surface area contributed by atoms with Crippen LogP contribution in [0.3, 0.4) is 0 Å². The molecule has 0 aromatic heterocycles. The first-order chi connectivity index (χ1) is 9.22. The summed E-state index contributed by atoms with van der Waals surface area (Å²) in [6.07, 6.45) is 6.60. The van der Waals surface area contributed by atoms with Gasteiger partial charge in [-0.25, -0.2) is 0 Å². The van der Waals surface area contributed by atoms with Gasteiger partial charge in [-0.05, 0) is 30.9 Å². The van der Waals surface area contributed by atoms with Crippen molar-refractivity contribution in [2.24, 2.45) is 5.84 Å². The van der Waals surface area contributed by atoms with E-state index in [0.29, 0.717) is 0 Å². The highest BCUT2D eigenvalue weighted by Crippen LogP contribution is 2.35. The zero-order valence-corrected chi connectivity index (χ0v) is 12.2. The second-order valence-electron chi connectivity index (χ2n) is 5.34. The lowest BCUT2D eigenvalue weighted by molar-refractivity contribution is -0.0673. The normalized spacial score (nSPS) is 20.2. The fraction of sp³-hybridized carbons (Fsp3) is 0.600. The van der Waals surface area contributed by atoms with E-state index in [9.17, 15) is 0 Å². The van der Waals surface area contributed by atoms with E-state index >= 15 is 0 Å². The molecule has 4 heteroatoms. The van der Waals surface area contributed by atoms with E-state index in [-0.39, 0.29) is 11.6 Å². The second-order valence-corrected chi connectivity index (χ2v) is 5.75. The van der Waals surface area contributed by atoms with Gasteiger partial charge in [0.25, 0.3) is 0 Å². The molecular weight excluding hydrogens is 260 g/mol. The van der Waals surface area contributed by atoms with E-state index in [4.69, 9.17) is 22.2 Å². The Balaban J connectivity index is 2.17. The molecule has 0 heterocycles. The summed E-state index contributed by atoms with van der Waals surface area (Å²) in [5, 5.41) is 0.796. The lowest BCUT2D eigenvalue weighted by atomic mass is 9.77. The van der Waals surface area contributed by atoms with Gasteiger partial charge in [0.1, 0.15) is 0 Å². The second kappa shape index (κ2) is 6.71. The number of hydrogen-bond acceptors (Lipinski definition) is 3. The summed E-state index contributed by atoms with van der Waals surface area (Å²) in [7, 11) is 1.79. The Hall–Kier alpha value is -0.610. The van der Waals surface area contributed by atoms with Crippen LogP contribution in [-0.4, -0.2) is 18.8 Å². The van der Waals surface area contributed by atoms with Crippen LogP contribution in [0.4, 0.5) is 0 Å². The van der Waals surface area contributed by atoms with E-state index in [1.807, 2.05) is 18.2 Å². The summed E-state index contributed by atoms with van der Waals surface area (Å²) in [6, 6.07) is 8.03. The van der Waals surface area contributed by atoms with Crippen LogP contribution in [0.5, 0.6) is 0 Å². The van der Waals surface area contributed by atoms with E-state index in [1.165, 1.54) is 19.3 Å². The molecule has 19 heavy (non-hydrogen) atoms. The fourth-order valence-electron chi connectivity index (χ4n) is 3.13. The van der Waals surface area contributed by atoms with Crippen molar-refractivity contribution in [3.8, 4) is 0 Å². The quantitative estimate of drug-likeness (QED) is 0.644. The summed E-state index contributed by atoms with van der Waals surface area (Å²) in [5.74, 6) is 5.79. The van der Waals surface area contributed by atoms with Gasteiger partial charge in [-0.3, -0.25) is 11.3 Å². The summed E-state index contributed by atoms with van der Waals surface area (Å²) in [4.78, 5) is 0. The molecule has 106 valence electrons. The van der Waals surface area contributed by atoms with Gasteiger partial charge in [0, 0.05) is 12.1 Å². The highest BCUT2D eigenvalue weighted by Gasteiger charge is 2.39. The van der Waals surface area contributed by atoms with Crippen LogP contribution in [0.2, 0.25) is 5.02 Å². The van der Waals surface area contributed by atoms with Crippen LogP contribution in [0, 0.1) is 0 Å². The van der Waals surface area contributed by atoms with Gasteiger partial charge < -0.3 is 4.74 Å². The monoisotopic (exact) mass is 282 g/mol. The summed E-state index contributed by atoms with van der Waals surface area (Å²) >= 11 is 6.24. The van der Waals surface area contributed by atoms with E-state index in [1.54, 1.807) is 7.11 Å². The third-order valence-corrected chi connectivity index (χ3v) is 4.69. The third kappa shape index (κ3) is 3.29. The third-order valence-electron chi connectivity index (χ3n) is 4.32. The maximum atomic E-state index is 6.24. The highest BCUT2D eigenvalue weighted by atomic mass is 35.5. The summed E-state index contributed by atoms with van der Waals surface area (Å²) in [5.41, 5.74) is 3.91. The largest absolute Gasteiger partial charge is 0.377 e. The number of hydrazine groups is 1. The minimum absolute atomic E-state index is 0.0951. The molecule has 0 spiro atoms. The number of methoxy groups -OCH3 is 1. The molecule has 0 radical (unpaired) electrons. The smallest absolute Gasteiger partial charge is 0.0847 e.